The van der Waals surface area contributed by atoms with Crippen molar-refractivity contribution < 1.29 is 18.3 Å². The Morgan fingerprint density at radius 2 is 2.14 bits per heavy atom. The van der Waals surface area contributed by atoms with Gasteiger partial charge in [0.1, 0.15) is 11.9 Å². The van der Waals surface area contributed by atoms with Gasteiger partial charge in [-0.3, -0.25) is 9.69 Å². The predicted octanol–water partition coefficient (Wildman–Crippen LogP) is 1.75. The summed E-state index contributed by atoms with van der Waals surface area (Å²) >= 11 is 0. The molecule has 1 N–H and O–H groups in total. The monoisotopic (exact) mass is 397 g/mol. The Morgan fingerprint density at radius 1 is 1.36 bits per heavy atom. The first-order valence-electron chi connectivity index (χ1n) is 10.2. The van der Waals surface area contributed by atoms with Gasteiger partial charge < -0.3 is 15.0 Å². The first-order valence-corrected chi connectivity index (χ1v) is 10.2. The van der Waals surface area contributed by atoms with Crippen LogP contribution in [0.3, 0.4) is 0 Å². The summed E-state index contributed by atoms with van der Waals surface area (Å²) in [5.74, 6) is 0.970. The highest BCUT2D eigenvalue weighted by molar-refractivity contribution is 5.78. The van der Waals surface area contributed by atoms with Gasteiger partial charge in [-0.1, -0.05) is 0 Å². The number of amides is 1. The number of aromatic nitrogens is 2. The first kappa shape index (κ1) is 19.6. The van der Waals surface area contributed by atoms with E-state index in [1.54, 1.807) is 0 Å². The molecule has 3 atom stereocenters. The van der Waals surface area contributed by atoms with Crippen LogP contribution in [0.25, 0.3) is 0 Å². The predicted molar refractivity (Wildman–Crippen MR) is 101 cm³/mol. The Morgan fingerprint density at radius 3 is 2.89 bits per heavy atom. The Labute approximate surface area is 164 Å². The van der Waals surface area contributed by atoms with Crippen LogP contribution >= 0.6 is 0 Å². The molecule has 156 valence electrons. The van der Waals surface area contributed by atoms with E-state index in [2.05, 4.69) is 15.3 Å². The molecule has 0 aliphatic carbocycles. The number of anilines is 1. The minimum Gasteiger partial charge on any atom is -0.379 e. The molecule has 0 spiro atoms. The third-order valence-electron chi connectivity index (χ3n) is 6.13. The number of nitrogens with zero attached hydrogens (tertiary/aromatic N) is 4. The largest absolute Gasteiger partial charge is 0.379 e. The third-order valence-corrected chi connectivity index (χ3v) is 6.13. The zero-order valence-corrected chi connectivity index (χ0v) is 16.3. The molecule has 3 aliphatic rings. The Kier molecular flexibility index (Phi) is 5.82. The zero-order valence-electron chi connectivity index (χ0n) is 16.3. The van der Waals surface area contributed by atoms with E-state index in [0.29, 0.717) is 38.5 Å². The quantitative estimate of drug-likeness (QED) is 0.839. The molecule has 1 aromatic heterocycles. The van der Waals surface area contributed by atoms with Gasteiger partial charge in [0.25, 0.3) is 6.43 Å². The highest BCUT2D eigenvalue weighted by atomic mass is 19.3. The maximum absolute atomic E-state index is 13.6. The van der Waals surface area contributed by atoms with Crippen LogP contribution in [0.1, 0.15) is 31.0 Å². The van der Waals surface area contributed by atoms with Crippen molar-refractivity contribution in [1.82, 2.24) is 19.6 Å². The number of likely N-dealkylation sites (tertiary alicyclic amines) is 1. The van der Waals surface area contributed by atoms with Crippen molar-refractivity contribution in [3.05, 3.63) is 11.8 Å². The number of carbonyl (C=O) groups excluding carboxylic acids is 1. The molecule has 0 saturated carbocycles. The molecule has 4 rings (SSSR count). The third kappa shape index (κ3) is 4.15. The number of hydrogen-bond acceptors (Lipinski definition) is 5. The molecule has 0 radical (unpaired) electrons. The minimum absolute atomic E-state index is 0.0680. The van der Waals surface area contributed by atoms with Crippen LogP contribution in [-0.4, -0.2) is 83.9 Å². The van der Waals surface area contributed by atoms with Crippen LogP contribution in [0.5, 0.6) is 0 Å². The summed E-state index contributed by atoms with van der Waals surface area (Å²) in [5, 5.41) is 7.65. The molecule has 0 bridgehead atoms. The van der Waals surface area contributed by atoms with Crippen LogP contribution in [0.4, 0.5) is 14.6 Å². The maximum Gasteiger partial charge on any atom is 0.260 e. The maximum atomic E-state index is 13.6. The molecular formula is C19H29F2N5O2. The number of rotatable bonds is 4. The molecular weight excluding hydrogens is 368 g/mol. The molecule has 1 amide bonds. The topological polar surface area (TPSA) is 62.6 Å². The number of carbonyl (C=O) groups is 1. The van der Waals surface area contributed by atoms with E-state index in [1.165, 1.54) is 4.68 Å². The Balaban J connectivity index is 1.40. The average Bonchev–Trinajstić information content (AvgIpc) is 3.08. The van der Waals surface area contributed by atoms with Gasteiger partial charge >= 0.3 is 0 Å². The summed E-state index contributed by atoms with van der Waals surface area (Å²) in [6, 6.07) is 0.849. The molecule has 4 heterocycles. The number of nitrogens with one attached hydrogen (secondary N) is 1. The molecule has 1 aromatic rings. The summed E-state index contributed by atoms with van der Waals surface area (Å²) < 4.78 is 34.1. The molecule has 2 saturated heterocycles. The fourth-order valence-corrected chi connectivity index (χ4v) is 4.62. The fraction of sp³-hybridized carbons (Fsp3) is 0.789. The van der Waals surface area contributed by atoms with Crippen LogP contribution in [0.2, 0.25) is 0 Å². The van der Waals surface area contributed by atoms with Gasteiger partial charge in [-0.2, -0.15) is 5.10 Å². The fourth-order valence-electron chi connectivity index (χ4n) is 4.62. The van der Waals surface area contributed by atoms with Crippen molar-refractivity contribution in [3.8, 4) is 0 Å². The van der Waals surface area contributed by atoms with Crippen LogP contribution < -0.4 is 5.32 Å². The van der Waals surface area contributed by atoms with Crippen molar-refractivity contribution in [3.63, 3.8) is 0 Å². The van der Waals surface area contributed by atoms with Crippen LogP contribution in [0, 0.1) is 12.8 Å². The second-order valence-corrected chi connectivity index (χ2v) is 8.13. The van der Waals surface area contributed by atoms with E-state index in [-0.39, 0.29) is 17.9 Å². The number of alkyl halides is 2. The lowest BCUT2D eigenvalue weighted by Gasteiger charge is -2.41. The van der Waals surface area contributed by atoms with Gasteiger partial charge in [-0.05, 0) is 32.1 Å². The lowest BCUT2D eigenvalue weighted by atomic mass is 9.86. The normalized spacial score (nSPS) is 28.9. The van der Waals surface area contributed by atoms with E-state index in [9.17, 15) is 13.6 Å². The Hall–Kier alpha value is -1.74. The number of halogens is 2. The summed E-state index contributed by atoms with van der Waals surface area (Å²) in [6.07, 6.45) is -0.260. The average molecular weight is 397 g/mol. The van der Waals surface area contributed by atoms with E-state index < -0.39 is 12.5 Å². The van der Waals surface area contributed by atoms with E-state index >= 15 is 0 Å². The lowest BCUT2D eigenvalue weighted by Crippen LogP contribution is -2.51. The van der Waals surface area contributed by atoms with Gasteiger partial charge in [0, 0.05) is 38.3 Å². The number of hydrogen-bond donors (Lipinski definition) is 1. The lowest BCUT2D eigenvalue weighted by molar-refractivity contribution is -0.135. The van der Waals surface area contributed by atoms with Crippen molar-refractivity contribution in [1.29, 1.82) is 0 Å². The molecule has 9 heteroatoms. The second-order valence-electron chi connectivity index (χ2n) is 8.13. The number of morpholine rings is 1. The second kappa shape index (κ2) is 8.32. The van der Waals surface area contributed by atoms with E-state index in [0.717, 1.165) is 38.2 Å². The van der Waals surface area contributed by atoms with Crippen LogP contribution in [0.15, 0.2) is 6.07 Å². The molecule has 7 nitrogen and oxygen atoms in total. The molecule has 1 unspecified atom stereocenters. The van der Waals surface area contributed by atoms with Gasteiger partial charge in [-0.15, -0.1) is 0 Å². The summed E-state index contributed by atoms with van der Waals surface area (Å²) in [5.41, 5.74) is 0.736. The van der Waals surface area contributed by atoms with Gasteiger partial charge in [0.05, 0.1) is 25.5 Å². The molecule has 3 aliphatic heterocycles. The standard InChI is InChI=1S/C19H29F2N5O2/c1-13-9-17-22-15(10-16(19(20)21)26(17)23-13)14-3-2-4-25(11-14)18(27)12-24-5-7-28-8-6-24/h9,14-16,19,22H,2-8,10-12H2,1H3/t14?,15-,16+/m0/s1. The summed E-state index contributed by atoms with van der Waals surface area (Å²) in [6.45, 7) is 6.52. The van der Waals surface area contributed by atoms with Crippen molar-refractivity contribution in [2.24, 2.45) is 5.92 Å². The number of aryl methyl sites for hydroxylation is 1. The van der Waals surface area contributed by atoms with Crippen LogP contribution in [-0.2, 0) is 9.53 Å². The van der Waals surface area contributed by atoms with Crippen molar-refractivity contribution in [2.45, 2.75) is 44.7 Å². The first-order chi connectivity index (χ1) is 13.5. The van der Waals surface area contributed by atoms with Gasteiger partial charge in [0.15, 0.2) is 0 Å². The van der Waals surface area contributed by atoms with Crippen molar-refractivity contribution in [2.75, 3.05) is 51.3 Å². The van der Waals surface area contributed by atoms with Gasteiger partial charge in [0.2, 0.25) is 5.91 Å². The molecule has 2 fully saturated rings. The number of piperidine rings is 1. The van der Waals surface area contributed by atoms with Gasteiger partial charge in [-0.25, -0.2) is 13.5 Å². The molecule has 28 heavy (non-hydrogen) atoms. The smallest absolute Gasteiger partial charge is 0.260 e. The highest BCUT2D eigenvalue weighted by Crippen LogP contribution is 2.36. The summed E-state index contributed by atoms with van der Waals surface area (Å²) in [4.78, 5) is 16.8. The number of ether oxygens (including phenoxy) is 1. The zero-order chi connectivity index (χ0) is 19.7. The summed E-state index contributed by atoms with van der Waals surface area (Å²) in [7, 11) is 0. The van der Waals surface area contributed by atoms with Crippen molar-refractivity contribution >= 4 is 11.7 Å². The van der Waals surface area contributed by atoms with E-state index in [4.69, 9.17) is 4.74 Å². The Bertz CT molecular complexity index is 692. The number of fused-ring (bicyclic) bond motifs is 1. The molecule has 0 aromatic carbocycles. The minimum atomic E-state index is -2.45. The highest BCUT2D eigenvalue weighted by Gasteiger charge is 2.38. The van der Waals surface area contributed by atoms with E-state index in [1.807, 2.05) is 17.9 Å². The SMILES string of the molecule is Cc1cc2n(n1)[C@@H](C(F)F)C[C@@H](C1CCCN(C(=O)CN3CCOCC3)C1)N2.